The summed E-state index contributed by atoms with van der Waals surface area (Å²) in [6.07, 6.45) is 3.01. The van der Waals surface area contributed by atoms with Gasteiger partial charge in [-0.25, -0.2) is 4.98 Å². The van der Waals surface area contributed by atoms with Crippen molar-refractivity contribution in [2.45, 2.75) is 38.7 Å². The Hall–Kier alpha value is -3.88. The number of anilines is 1. The van der Waals surface area contributed by atoms with E-state index in [1.54, 1.807) is 35.2 Å². The maximum atomic E-state index is 13.1. The number of nitrogens with zero attached hydrogens (tertiary/aromatic N) is 2. The number of fused-ring (bicyclic) bond motifs is 1. The van der Waals surface area contributed by atoms with E-state index in [9.17, 15) is 26.4 Å². The number of likely N-dealkylation sites (N-methyl/N-ethyl adjacent to an activating group) is 1. The number of alkyl halides is 3. The summed E-state index contributed by atoms with van der Waals surface area (Å²) in [4.78, 5) is 18.7. The van der Waals surface area contributed by atoms with E-state index in [2.05, 4.69) is 25.8 Å². The zero-order valence-corrected chi connectivity index (χ0v) is 27.5. The Bertz CT molecular complexity index is 2010. The fraction of sp³-hybridized carbons (Fsp3) is 0.226. The summed E-state index contributed by atoms with van der Waals surface area (Å²) in [6, 6.07) is 15.1. The summed E-state index contributed by atoms with van der Waals surface area (Å²) >= 11 is 5.10. The van der Waals surface area contributed by atoms with Crippen LogP contribution in [0.15, 0.2) is 74.4 Å². The zero-order chi connectivity index (χ0) is 32.5. The maximum absolute atomic E-state index is 13.1. The molecular weight excluding hydrogens is 693 g/mol. The van der Waals surface area contributed by atoms with Crippen LogP contribution in [0.2, 0.25) is 0 Å². The molecule has 3 heterocycles. The molecule has 0 aliphatic heterocycles. The van der Waals surface area contributed by atoms with Crippen molar-refractivity contribution in [1.82, 2.24) is 14.9 Å². The molecule has 0 fully saturated rings. The van der Waals surface area contributed by atoms with Gasteiger partial charge in [-0.1, -0.05) is 31.2 Å². The van der Waals surface area contributed by atoms with Gasteiger partial charge in [0.2, 0.25) is 5.91 Å². The van der Waals surface area contributed by atoms with Gasteiger partial charge in [-0.3, -0.25) is 9.52 Å². The van der Waals surface area contributed by atoms with Crippen molar-refractivity contribution in [3.8, 4) is 11.3 Å². The van der Waals surface area contributed by atoms with Gasteiger partial charge in [0.25, 0.3) is 0 Å². The number of rotatable bonds is 10. The van der Waals surface area contributed by atoms with Gasteiger partial charge < -0.3 is 14.3 Å². The van der Waals surface area contributed by atoms with Crippen molar-refractivity contribution >= 4 is 65.9 Å². The number of aromatic nitrogens is 2. The van der Waals surface area contributed by atoms with E-state index in [4.69, 9.17) is 9.40 Å². The minimum atomic E-state index is -5.65. The van der Waals surface area contributed by atoms with Crippen LogP contribution >= 0.6 is 27.3 Å². The highest BCUT2D eigenvalue weighted by atomic mass is 79.9. The number of carbonyl (C=O) groups excluding carboxylic acids is 1. The first kappa shape index (κ1) is 32.5. The minimum Gasteiger partial charge on any atom is -0.455 e. The molecule has 3 aromatic heterocycles. The molecule has 5 aromatic rings. The number of amides is 1. The number of hydrogen-bond donors (Lipinski definition) is 2. The molecule has 2 N–H and O–H groups in total. The minimum absolute atomic E-state index is 0.133. The van der Waals surface area contributed by atoms with E-state index in [1.807, 2.05) is 49.6 Å². The molecule has 8 nitrogen and oxygen atoms in total. The van der Waals surface area contributed by atoms with Crippen LogP contribution in [0.4, 0.5) is 18.9 Å². The van der Waals surface area contributed by atoms with Crippen molar-refractivity contribution in [2.75, 3.05) is 11.8 Å². The molecule has 236 valence electrons. The van der Waals surface area contributed by atoms with Crippen molar-refractivity contribution in [1.29, 1.82) is 0 Å². The second-order valence-corrected chi connectivity index (χ2v) is 13.6. The fourth-order valence-electron chi connectivity index (χ4n) is 4.94. The predicted molar refractivity (Wildman–Crippen MR) is 173 cm³/mol. The summed E-state index contributed by atoms with van der Waals surface area (Å²) < 4.78 is 73.2. The number of carbonyl (C=O) groups is 1. The highest BCUT2D eigenvalue weighted by molar-refractivity contribution is 9.10. The molecular formula is C31H28BrF3N4O4S2. The number of furan rings is 1. The third kappa shape index (κ3) is 6.72. The average Bonchev–Trinajstić information content (AvgIpc) is 3.70. The van der Waals surface area contributed by atoms with E-state index < -0.39 is 15.5 Å². The Balaban J connectivity index is 1.53. The van der Waals surface area contributed by atoms with E-state index in [-0.39, 0.29) is 22.9 Å². The number of halogens is 4. The van der Waals surface area contributed by atoms with Crippen molar-refractivity contribution in [2.24, 2.45) is 0 Å². The molecule has 0 aliphatic carbocycles. The van der Waals surface area contributed by atoms with Crippen LogP contribution in [-0.4, -0.2) is 36.4 Å². The molecule has 2 aromatic carbocycles. The molecule has 0 atom stereocenters. The Morgan fingerprint density at radius 3 is 2.58 bits per heavy atom. The molecule has 0 unspecified atom stereocenters. The van der Waals surface area contributed by atoms with Gasteiger partial charge >= 0.3 is 15.5 Å². The quantitative estimate of drug-likeness (QED) is 0.144. The number of para-hydroxylation sites is 1. The first-order chi connectivity index (χ1) is 21.3. The van der Waals surface area contributed by atoms with Crippen LogP contribution in [0.1, 0.15) is 34.6 Å². The lowest BCUT2D eigenvalue weighted by Gasteiger charge is -2.13. The SMILES string of the molecule is CCc1nc(C)c(/C=C(\Cc2cccs2)C(=O)NC)n1Cc1ccc2oc(-c3ccccc3NS(=O)(=O)C(F)(F)F)c(Br)c2c1. The topological polar surface area (TPSA) is 106 Å². The highest BCUT2D eigenvalue weighted by Gasteiger charge is 2.46. The van der Waals surface area contributed by atoms with Crippen LogP contribution in [0, 0.1) is 6.92 Å². The summed E-state index contributed by atoms with van der Waals surface area (Å²) in [5.74, 6) is 0.828. The smallest absolute Gasteiger partial charge is 0.455 e. The van der Waals surface area contributed by atoms with Crippen molar-refractivity contribution in [3.63, 3.8) is 0 Å². The van der Waals surface area contributed by atoms with Gasteiger partial charge in [0.15, 0.2) is 5.76 Å². The van der Waals surface area contributed by atoms with E-state index in [1.165, 1.54) is 18.2 Å². The standard InChI is InChI=1S/C31H28BrF3N4O4S2/c1-4-27-37-18(2)25(16-20(30(40)36-3)15-21-8-7-13-44-21)39(27)17-19-11-12-26-23(14-19)28(32)29(43-26)22-9-5-6-10-24(22)38-45(41,42)31(33,34)35/h5-14,16,38H,4,15,17H2,1-3H3,(H,36,40)/b20-16+. The molecule has 0 radical (unpaired) electrons. The lowest BCUT2D eigenvalue weighted by Crippen LogP contribution is -2.30. The number of hydrogen-bond acceptors (Lipinski definition) is 6. The molecule has 0 aliphatic rings. The summed E-state index contributed by atoms with van der Waals surface area (Å²) in [6.45, 7) is 4.32. The second-order valence-electron chi connectivity index (χ2n) is 10.1. The normalized spacial score (nSPS) is 12.6. The van der Waals surface area contributed by atoms with Gasteiger partial charge in [-0.2, -0.15) is 21.6 Å². The Morgan fingerprint density at radius 2 is 1.91 bits per heavy atom. The van der Waals surface area contributed by atoms with Gasteiger partial charge in [-0.15, -0.1) is 11.3 Å². The monoisotopic (exact) mass is 720 g/mol. The lowest BCUT2D eigenvalue weighted by molar-refractivity contribution is -0.117. The number of sulfonamides is 1. The lowest BCUT2D eigenvalue weighted by atomic mass is 10.1. The molecule has 0 saturated heterocycles. The third-order valence-corrected chi connectivity index (χ3v) is 9.88. The number of thiophene rings is 1. The Morgan fingerprint density at radius 1 is 1.16 bits per heavy atom. The zero-order valence-electron chi connectivity index (χ0n) is 24.3. The molecule has 0 spiro atoms. The molecule has 1 amide bonds. The number of nitrogens with one attached hydrogen (secondary N) is 2. The first-order valence-corrected chi connectivity index (χ1v) is 16.9. The number of benzene rings is 2. The van der Waals surface area contributed by atoms with Crippen molar-refractivity contribution in [3.05, 3.63) is 97.7 Å². The highest BCUT2D eigenvalue weighted by Crippen LogP contribution is 2.42. The first-order valence-electron chi connectivity index (χ1n) is 13.7. The summed E-state index contributed by atoms with van der Waals surface area (Å²) in [5.41, 5.74) is -2.11. The molecule has 5 rings (SSSR count). The summed E-state index contributed by atoms with van der Waals surface area (Å²) in [5, 5.41) is 5.35. The number of aryl methyl sites for hydroxylation is 2. The molecule has 0 bridgehead atoms. The Kier molecular flexibility index (Phi) is 9.28. The van der Waals surface area contributed by atoms with Gasteiger partial charge in [0, 0.05) is 47.8 Å². The van der Waals surface area contributed by atoms with E-state index in [0.717, 1.165) is 27.7 Å². The maximum Gasteiger partial charge on any atom is 0.516 e. The second kappa shape index (κ2) is 12.9. The largest absolute Gasteiger partial charge is 0.516 e. The van der Waals surface area contributed by atoms with Crippen LogP contribution in [-0.2, 0) is 34.2 Å². The third-order valence-electron chi connectivity index (χ3n) is 7.11. The summed E-state index contributed by atoms with van der Waals surface area (Å²) in [7, 11) is -4.05. The van der Waals surface area contributed by atoms with Crippen molar-refractivity contribution < 1.29 is 30.8 Å². The van der Waals surface area contributed by atoms with E-state index in [0.29, 0.717) is 40.4 Å². The van der Waals surface area contributed by atoms with Gasteiger partial charge in [-0.05, 0) is 70.2 Å². The molecule has 45 heavy (non-hydrogen) atoms. The molecule has 0 saturated carbocycles. The van der Waals surface area contributed by atoms with Crippen LogP contribution in [0.5, 0.6) is 0 Å². The van der Waals surface area contributed by atoms with Crippen LogP contribution in [0.3, 0.4) is 0 Å². The van der Waals surface area contributed by atoms with Crippen LogP contribution < -0.4 is 10.0 Å². The van der Waals surface area contributed by atoms with Gasteiger partial charge in [0.05, 0.1) is 21.5 Å². The van der Waals surface area contributed by atoms with Gasteiger partial charge in [0.1, 0.15) is 11.4 Å². The average molecular weight is 722 g/mol. The fourth-order valence-corrected chi connectivity index (χ4v) is 6.85. The predicted octanol–water partition coefficient (Wildman–Crippen LogP) is 7.67. The van der Waals surface area contributed by atoms with E-state index >= 15 is 0 Å². The Labute approximate surface area is 270 Å². The molecule has 14 heteroatoms. The van der Waals surface area contributed by atoms with Crippen LogP contribution in [0.25, 0.3) is 28.4 Å². The number of imidazole rings is 1.